The molecule has 0 aromatic rings. The molecule has 2 aliphatic heterocycles. The summed E-state index contributed by atoms with van der Waals surface area (Å²) in [5.41, 5.74) is 5.61. The molecule has 1 fully saturated rings. The molecule has 0 aromatic heterocycles. The van der Waals surface area contributed by atoms with E-state index in [1.54, 1.807) is 18.4 Å². The highest BCUT2D eigenvalue weighted by Gasteiger charge is 2.46. The maximum atomic E-state index is 12.2. The summed E-state index contributed by atoms with van der Waals surface area (Å²) in [5, 5.41) is 20.5. The van der Waals surface area contributed by atoms with Crippen LogP contribution in [0.5, 0.6) is 0 Å². The maximum absolute atomic E-state index is 12.2. The molecule has 0 aromatic carbocycles. The summed E-state index contributed by atoms with van der Waals surface area (Å²) < 4.78 is 32.9. The summed E-state index contributed by atoms with van der Waals surface area (Å²) in [4.78, 5) is 12.9. The van der Waals surface area contributed by atoms with Crippen molar-refractivity contribution in [1.82, 2.24) is 4.90 Å². The molecule has 1 amide bonds. The van der Waals surface area contributed by atoms with E-state index in [0.717, 1.165) is 0 Å². The standard InChI is InChI=1S/C15H25N2O8P/c1-3-7-23-26(21,22-2)24-9-11-12(18)13(19)15(25-11)17-6-4-5-10(8-17)14(16)20/h4-6,11-13,15,18-19H,3,7-9H2,1-2H3,(H2,16,20)/t11-,12-,13-,15-,26?/m1/s1. The number of phosphoric ester groups is 1. The first-order chi connectivity index (χ1) is 12.3. The quantitative estimate of drug-likeness (QED) is 0.458. The van der Waals surface area contributed by atoms with E-state index >= 15 is 0 Å². The molecule has 11 heteroatoms. The zero-order valence-electron chi connectivity index (χ0n) is 14.7. The lowest BCUT2D eigenvalue weighted by atomic mass is 10.1. The number of nitrogens with two attached hydrogens (primary N) is 1. The van der Waals surface area contributed by atoms with Crippen molar-refractivity contribution in [1.29, 1.82) is 0 Å². The van der Waals surface area contributed by atoms with Gasteiger partial charge in [-0.2, -0.15) is 0 Å². The van der Waals surface area contributed by atoms with Gasteiger partial charge in [-0.15, -0.1) is 0 Å². The lowest BCUT2D eigenvalue weighted by Crippen LogP contribution is -2.43. The average molecular weight is 392 g/mol. The van der Waals surface area contributed by atoms with Crippen LogP contribution in [0.15, 0.2) is 23.9 Å². The minimum atomic E-state index is -3.76. The van der Waals surface area contributed by atoms with Gasteiger partial charge in [0.2, 0.25) is 5.91 Å². The highest BCUT2D eigenvalue weighted by Crippen LogP contribution is 2.49. The maximum Gasteiger partial charge on any atom is 0.474 e. The minimum absolute atomic E-state index is 0.129. The number of phosphoric acid groups is 1. The largest absolute Gasteiger partial charge is 0.474 e. The molecule has 0 aliphatic carbocycles. The summed E-state index contributed by atoms with van der Waals surface area (Å²) in [6.07, 6.45) is 0.964. The number of nitrogens with zero attached hydrogens (tertiary/aromatic N) is 1. The van der Waals surface area contributed by atoms with Crippen molar-refractivity contribution in [3.63, 3.8) is 0 Å². The van der Waals surface area contributed by atoms with E-state index < -0.39 is 38.3 Å². The Hall–Kier alpha value is -1.26. The Morgan fingerprint density at radius 1 is 1.42 bits per heavy atom. The third-order valence-electron chi connectivity index (χ3n) is 3.98. The molecule has 0 radical (unpaired) electrons. The van der Waals surface area contributed by atoms with Gasteiger partial charge in [-0.25, -0.2) is 4.57 Å². The Kier molecular flexibility index (Phi) is 7.36. The molecule has 0 spiro atoms. The van der Waals surface area contributed by atoms with Crippen LogP contribution >= 0.6 is 7.82 Å². The molecule has 2 heterocycles. The van der Waals surface area contributed by atoms with Crippen LogP contribution in [0.1, 0.15) is 13.3 Å². The molecule has 2 aliphatic rings. The van der Waals surface area contributed by atoms with Gasteiger partial charge in [0.1, 0.15) is 18.3 Å². The second-order valence-corrected chi connectivity index (χ2v) is 7.65. The van der Waals surface area contributed by atoms with Gasteiger partial charge >= 0.3 is 7.82 Å². The van der Waals surface area contributed by atoms with Gasteiger partial charge in [0.05, 0.1) is 19.8 Å². The molecule has 26 heavy (non-hydrogen) atoms. The Labute approximate surface area is 151 Å². The Morgan fingerprint density at radius 3 is 2.77 bits per heavy atom. The number of carbonyl (C=O) groups is 1. The van der Waals surface area contributed by atoms with Gasteiger partial charge in [-0.3, -0.25) is 18.4 Å². The second-order valence-electron chi connectivity index (χ2n) is 5.88. The Bertz CT molecular complexity index is 610. The number of rotatable bonds is 9. The summed E-state index contributed by atoms with van der Waals surface area (Å²) in [7, 11) is -2.57. The molecule has 0 bridgehead atoms. The van der Waals surface area contributed by atoms with E-state index in [9.17, 15) is 19.6 Å². The SMILES string of the molecule is CCCOP(=O)(OC)OC[C@H]1O[C@@H](N2C=CC=C(C(N)=O)C2)[C@H](O)[C@@H]1O. The summed E-state index contributed by atoms with van der Waals surface area (Å²) in [5.74, 6) is -0.582. The molecule has 4 N–H and O–H groups in total. The number of primary amides is 1. The zero-order valence-corrected chi connectivity index (χ0v) is 15.6. The van der Waals surface area contributed by atoms with E-state index in [1.165, 1.54) is 12.0 Å². The van der Waals surface area contributed by atoms with Gasteiger partial charge in [0, 0.05) is 18.9 Å². The molecular formula is C15H25N2O8P. The first-order valence-electron chi connectivity index (χ1n) is 8.20. The molecule has 148 valence electrons. The first kappa shape index (κ1) is 21.0. The number of aliphatic hydroxyl groups is 2. The number of hydrogen-bond donors (Lipinski definition) is 3. The molecule has 2 rings (SSSR count). The molecular weight excluding hydrogens is 367 g/mol. The van der Waals surface area contributed by atoms with Gasteiger partial charge in [-0.1, -0.05) is 13.0 Å². The van der Waals surface area contributed by atoms with Crippen molar-refractivity contribution >= 4 is 13.7 Å². The zero-order chi connectivity index (χ0) is 19.3. The van der Waals surface area contributed by atoms with Crippen LogP contribution in [0.25, 0.3) is 0 Å². The average Bonchev–Trinajstić information content (AvgIpc) is 2.93. The van der Waals surface area contributed by atoms with Crippen molar-refractivity contribution in [2.75, 3.05) is 26.9 Å². The number of carbonyl (C=O) groups excluding carboxylic acids is 1. The van der Waals surface area contributed by atoms with Gasteiger partial charge in [0.15, 0.2) is 6.23 Å². The predicted molar refractivity (Wildman–Crippen MR) is 90.6 cm³/mol. The van der Waals surface area contributed by atoms with E-state index in [-0.39, 0.29) is 19.8 Å². The fraction of sp³-hybridized carbons (Fsp3) is 0.667. The fourth-order valence-corrected chi connectivity index (χ4v) is 3.58. The highest BCUT2D eigenvalue weighted by atomic mass is 31.2. The molecule has 1 saturated heterocycles. The van der Waals surface area contributed by atoms with Gasteiger partial charge in [-0.05, 0) is 12.5 Å². The monoisotopic (exact) mass is 392 g/mol. The second kappa shape index (κ2) is 9.09. The number of hydrogen-bond acceptors (Lipinski definition) is 9. The molecule has 5 atom stereocenters. The fourth-order valence-electron chi connectivity index (χ4n) is 2.56. The van der Waals surface area contributed by atoms with Crippen molar-refractivity contribution in [3.8, 4) is 0 Å². The first-order valence-corrected chi connectivity index (χ1v) is 9.66. The van der Waals surface area contributed by atoms with E-state index in [4.69, 9.17) is 24.0 Å². The third kappa shape index (κ3) is 4.92. The van der Waals surface area contributed by atoms with Crippen molar-refractivity contribution in [3.05, 3.63) is 23.9 Å². The Balaban J connectivity index is 1.97. The molecule has 0 saturated carbocycles. The lowest BCUT2D eigenvalue weighted by Gasteiger charge is -2.31. The van der Waals surface area contributed by atoms with Crippen molar-refractivity contribution in [2.24, 2.45) is 5.73 Å². The van der Waals surface area contributed by atoms with Crippen molar-refractivity contribution in [2.45, 2.75) is 37.9 Å². The lowest BCUT2D eigenvalue weighted by molar-refractivity contribution is -0.115. The van der Waals surface area contributed by atoms with Crippen LogP contribution in [-0.2, 0) is 27.7 Å². The van der Waals surface area contributed by atoms with Crippen LogP contribution in [0.2, 0.25) is 0 Å². The summed E-state index contributed by atoms with van der Waals surface area (Å²) in [6, 6.07) is 0. The van der Waals surface area contributed by atoms with E-state index in [0.29, 0.717) is 12.0 Å². The van der Waals surface area contributed by atoms with E-state index in [1.807, 2.05) is 6.92 Å². The summed E-state index contributed by atoms with van der Waals surface area (Å²) in [6.45, 7) is 1.85. The van der Waals surface area contributed by atoms with Gasteiger partial charge in [0.25, 0.3) is 0 Å². The smallest absolute Gasteiger partial charge is 0.387 e. The van der Waals surface area contributed by atoms with Gasteiger partial charge < -0.3 is 25.6 Å². The summed E-state index contributed by atoms with van der Waals surface area (Å²) >= 11 is 0. The normalized spacial score (nSPS) is 30.9. The van der Waals surface area contributed by atoms with Crippen LogP contribution in [0, 0.1) is 0 Å². The van der Waals surface area contributed by atoms with Crippen LogP contribution in [-0.4, -0.2) is 72.4 Å². The van der Waals surface area contributed by atoms with Crippen LogP contribution < -0.4 is 5.73 Å². The van der Waals surface area contributed by atoms with Crippen molar-refractivity contribution < 1.29 is 37.9 Å². The Morgan fingerprint density at radius 2 is 2.15 bits per heavy atom. The van der Waals surface area contributed by atoms with Crippen LogP contribution in [0.3, 0.4) is 0 Å². The molecule has 1 unspecified atom stereocenters. The topological polar surface area (TPSA) is 141 Å². The predicted octanol–water partition coefficient (Wildman–Crippen LogP) is -0.128. The highest BCUT2D eigenvalue weighted by molar-refractivity contribution is 7.48. The molecule has 10 nitrogen and oxygen atoms in total. The number of ether oxygens (including phenoxy) is 1. The third-order valence-corrected chi connectivity index (χ3v) is 5.39. The van der Waals surface area contributed by atoms with Crippen LogP contribution in [0.4, 0.5) is 0 Å². The minimum Gasteiger partial charge on any atom is -0.387 e. The number of aliphatic hydroxyl groups excluding tert-OH is 2. The number of amides is 1. The number of allylic oxidation sites excluding steroid dienone is 2. The van der Waals surface area contributed by atoms with E-state index in [2.05, 4.69) is 0 Å².